The van der Waals surface area contributed by atoms with E-state index in [0.29, 0.717) is 11.7 Å². The molecule has 1 aliphatic carbocycles. The molecular weight excluding hydrogens is 456 g/mol. The molecule has 0 spiro atoms. The molecule has 2 atom stereocenters. The van der Waals surface area contributed by atoms with E-state index in [1.54, 1.807) is 0 Å². The molecule has 0 fully saturated rings. The molecule has 0 saturated carbocycles. The highest BCUT2D eigenvalue weighted by molar-refractivity contribution is 8.16. The van der Waals surface area contributed by atoms with Crippen molar-refractivity contribution in [3.05, 3.63) is 102 Å². The fourth-order valence-corrected chi connectivity index (χ4v) is 6.96. The predicted molar refractivity (Wildman–Crippen MR) is 141 cm³/mol. The van der Waals surface area contributed by atoms with Crippen molar-refractivity contribution in [3.8, 4) is 16.9 Å². The smallest absolute Gasteiger partial charge is 0.341 e. The number of ketones is 1. The number of carbonyl (C=O) groups is 2. The number of aliphatic carboxylic acids is 1. The number of Topliss-reactive ketones (excluding diaryl/α,β-unsaturated/α-hetero) is 1. The SMILES string of the molecule is CC(C)c1ccc2c(c1)C(=O)C1C=CC=CC1=S2c1ccc(-c2ccccc2)c(OCC(=O)O)c1. The fraction of sp³-hybridized carbons (Fsp3) is 0.167. The number of carboxylic acid groups (broad SMARTS) is 1. The van der Waals surface area contributed by atoms with E-state index < -0.39 is 23.1 Å². The number of rotatable bonds is 6. The van der Waals surface area contributed by atoms with Gasteiger partial charge in [0.25, 0.3) is 0 Å². The first-order valence-electron chi connectivity index (χ1n) is 11.6. The minimum Gasteiger partial charge on any atom is -0.481 e. The van der Waals surface area contributed by atoms with E-state index in [1.165, 1.54) is 0 Å². The molecule has 1 N–H and O–H groups in total. The normalized spacial score (nSPS) is 18.4. The number of ether oxygens (including phenoxy) is 1. The highest BCUT2D eigenvalue weighted by Gasteiger charge is 2.33. The summed E-state index contributed by atoms with van der Waals surface area (Å²) >= 11 is 0. The van der Waals surface area contributed by atoms with Crippen LogP contribution in [0.4, 0.5) is 0 Å². The zero-order chi connectivity index (χ0) is 24.5. The highest BCUT2D eigenvalue weighted by Crippen LogP contribution is 2.48. The molecular formula is C30H26O4S. The third kappa shape index (κ3) is 4.40. The van der Waals surface area contributed by atoms with Crippen LogP contribution >= 0.6 is 10.5 Å². The van der Waals surface area contributed by atoms with Crippen LogP contribution in [0.3, 0.4) is 0 Å². The standard InChI is InChI=1S/C30H26O4S/c1-19(2)21-12-15-28-25(16-21)30(33)24-10-6-7-11-27(24)35(28)22-13-14-23(20-8-4-3-5-9-20)26(17-22)34-18-29(31)32/h3-17,19,24H,18H2,1-2H3,(H,31,32). The van der Waals surface area contributed by atoms with Gasteiger partial charge in [0.1, 0.15) is 5.75 Å². The monoisotopic (exact) mass is 482 g/mol. The second-order valence-electron chi connectivity index (χ2n) is 8.91. The largest absolute Gasteiger partial charge is 0.481 e. The lowest BCUT2D eigenvalue weighted by Crippen LogP contribution is -2.27. The molecule has 5 rings (SSSR count). The maximum absolute atomic E-state index is 13.5. The van der Waals surface area contributed by atoms with Crippen molar-refractivity contribution in [2.45, 2.75) is 29.6 Å². The van der Waals surface area contributed by atoms with Crippen LogP contribution in [0.2, 0.25) is 0 Å². The van der Waals surface area contributed by atoms with Crippen molar-refractivity contribution >= 4 is 27.1 Å². The Balaban J connectivity index is 1.71. The van der Waals surface area contributed by atoms with E-state index in [2.05, 4.69) is 32.0 Å². The second kappa shape index (κ2) is 9.51. The average molecular weight is 483 g/mol. The van der Waals surface area contributed by atoms with Crippen LogP contribution in [-0.4, -0.2) is 28.3 Å². The van der Waals surface area contributed by atoms with Gasteiger partial charge in [0, 0.05) is 20.9 Å². The molecule has 1 aliphatic heterocycles. The van der Waals surface area contributed by atoms with Gasteiger partial charge in [-0.1, -0.05) is 74.5 Å². The lowest BCUT2D eigenvalue weighted by molar-refractivity contribution is -0.139. The molecule has 3 aromatic rings. The molecule has 0 saturated heterocycles. The van der Waals surface area contributed by atoms with Gasteiger partial charge < -0.3 is 9.84 Å². The minimum absolute atomic E-state index is 0.130. The lowest BCUT2D eigenvalue weighted by atomic mass is 9.89. The summed E-state index contributed by atoms with van der Waals surface area (Å²) in [6.07, 6.45) is 7.94. The van der Waals surface area contributed by atoms with Gasteiger partial charge in [-0.25, -0.2) is 4.79 Å². The Kier molecular flexibility index (Phi) is 6.27. The van der Waals surface area contributed by atoms with Crippen LogP contribution < -0.4 is 4.74 Å². The Hall–Kier alpha value is -3.70. The van der Waals surface area contributed by atoms with Gasteiger partial charge in [0.15, 0.2) is 12.4 Å². The molecule has 2 unspecified atom stereocenters. The summed E-state index contributed by atoms with van der Waals surface area (Å²) in [6.45, 7) is 3.83. The first-order valence-corrected chi connectivity index (χ1v) is 12.8. The van der Waals surface area contributed by atoms with Gasteiger partial charge in [-0.05, 0) is 52.2 Å². The van der Waals surface area contributed by atoms with Crippen LogP contribution in [0.15, 0.2) is 101 Å². The van der Waals surface area contributed by atoms with E-state index in [9.17, 15) is 14.7 Å². The Bertz CT molecular complexity index is 1410. The topological polar surface area (TPSA) is 63.6 Å². The van der Waals surface area contributed by atoms with Crippen LogP contribution in [0.25, 0.3) is 11.1 Å². The van der Waals surface area contributed by atoms with Crippen molar-refractivity contribution in [2.75, 3.05) is 6.61 Å². The molecule has 0 bridgehead atoms. The third-order valence-electron chi connectivity index (χ3n) is 6.28. The quantitative estimate of drug-likeness (QED) is 0.395. The van der Waals surface area contributed by atoms with Crippen molar-refractivity contribution in [1.29, 1.82) is 0 Å². The van der Waals surface area contributed by atoms with E-state index in [-0.39, 0.29) is 11.7 Å². The number of carbonyl (C=O) groups excluding carboxylic acids is 1. The maximum Gasteiger partial charge on any atom is 0.341 e. The molecule has 0 aromatic heterocycles. The first kappa shape index (κ1) is 23.1. The van der Waals surface area contributed by atoms with E-state index >= 15 is 0 Å². The number of benzene rings is 3. The summed E-state index contributed by atoms with van der Waals surface area (Å²) in [7, 11) is -0.501. The zero-order valence-electron chi connectivity index (χ0n) is 19.6. The number of hydrogen-bond acceptors (Lipinski definition) is 3. The van der Waals surface area contributed by atoms with Crippen LogP contribution in [0.5, 0.6) is 5.75 Å². The molecule has 35 heavy (non-hydrogen) atoms. The molecule has 176 valence electrons. The number of fused-ring (bicyclic) bond motifs is 2. The van der Waals surface area contributed by atoms with Crippen LogP contribution in [0, 0.1) is 5.92 Å². The Morgan fingerprint density at radius 3 is 2.54 bits per heavy atom. The van der Waals surface area contributed by atoms with Crippen LogP contribution in [0.1, 0.15) is 35.7 Å². The van der Waals surface area contributed by atoms with Crippen LogP contribution in [-0.2, 0) is 4.79 Å². The maximum atomic E-state index is 13.5. The summed E-state index contributed by atoms with van der Waals surface area (Å²) < 4.78 is 5.78. The summed E-state index contributed by atoms with van der Waals surface area (Å²) in [5.41, 5.74) is 3.70. The molecule has 1 heterocycles. The first-order chi connectivity index (χ1) is 16.9. The number of allylic oxidation sites excluding steroid dienone is 4. The Labute approximate surface area is 207 Å². The molecule has 0 radical (unpaired) electrons. The molecule has 2 aliphatic rings. The second-order valence-corrected chi connectivity index (χ2v) is 10.9. The summed E-state index contributed by atoms with van der Waals surface area (Å²) in [5.74, 6) is -0.349. The van der Waals surface area contributed by atoms with Gasteiger partial charge in [0.2, 0.25) is 0 Å². The van der Waals surface area contributed by atoms with E-state index in [1.807, 2.05) is 72.8 Å². The van der Waals surface area contributed by atoms with Gasteiger partial charge >= 0.3 is 5.97 Å². The van der Waals surface area contributed by atoms with Gasteiger partial charge in [-0.3, -0.25) is 4.79 Å². The van der Waals surface area contributed by atoms with E-state index in [0.717, 1.165) is 36.9 Å². The lowest BCUT2D eigenvalue weighted by Gasteiger charge is -2.30. The van der Waals surface area contributed by atoms with Crippen molar-refractivity contribution in [3.63, 3.8) is 0 Å². The fourth-order valence-electron chi connectivity index (χ4n) is 4.52. The predicted octanol–water partition coefficient (Wildman–Crippen LogP) is 6.74. The number of hydrogen-bond donors (Lipinski definition) is 1. The summed E-state index contributed by atoms with van der Waals surface area (Å²) in [5, 5.41) is 9.26. The Morgan fingerprint density at radius 1 is 1.00 bits per heavy atom. The molecule has 3 aromatic carbocycles. The molecule has 5 heteroatoms. The molecule has 4 nitrogen and oxygen atoms in total. The molecule has 0 amide bonds. The van der Waals surface area contributed by atoms with Gasteiger partial charge in [-0.2, -0.15) is 0 Å². The van der Waals surface area contributed by atoms with Crippen molar-refractivity contribution in [2.24, 2.45) is 5.92 Å². The third-order valence-corrected chi connectivity index (χ3v) is 8.66. The van der Waals surface area contributed by atoms with Gasteiger partial charge in [-0.15, -0.1) is 10.5 Å². The van der Waals surface area contributed by atoms with Crippen molar-refractivity contribution < 1.29 is 19.4 Å². The van der Waals surface area contributed by atoms with Crippen molar-refractivity contribution in [1.82, 2.24) is 0 Å². The van der Waals surface area contributed by atoms with E-state index in [4.69, 9.17) is 4.74 Å². The average Bonchev–Trinajstić information content (AvgIpc) is 2.88. The Morgan fingerprint density at radius 2 is 1.80 bits per heavy atom. The minimum atomic E-state index is -1.03. The summed E-state index contributed by atoms with van der Waals surface area (Å²) in [4.78, 5) is 27.8. The highest BCUT2D eigenvalue weighted by atomic mass is 32.2. The number of carboxylic acids is 1. The zero-order valence-corrected chi connectivity index (χ0v) is 20.4. The van der Waals surface area contributed by atoms with Gasteiger partial charge in [0.05, 0.1) is 5.92 Å². The summed E-state index contributed by atoms with van der Waals surface area (Å²) in [6, 6.07) is 22.0.